The zero-order valence-electron chi connectivity index (χ0n) is 54.8. The number of hydrogen-bond acceptors (Lipinski definition) is 3. The molecule has 0 atom stereocenters. The summed E-state index contributed by atoms with van der Waals surface area (Å²) < 4.78 is 107. The van der Waals surface area contributed by atoms with E-state index >= 15 is 0 Å². The molecule has 0 spiro atoms. The number of rotatable bonds is 11. The second-order valence-corrected chi connectivity index (χ2v) is 21.4. The van der Waals surface area contributed by atoms with Gasteiger partial charge in [-0.05, 0) is 23.8 Å². The number of para-hydroxylation sites is 5. The summed E-state index contributed by atoms with van der Waals surface area (Å²) in [6.07, 6.45) is 1.89. The normalized spacial score (nSPS) is 13.2. The molecule has 7 nitrogen and oxygen atoms in total. The van der Waals surface area contributed by atoms with Crippen molar-refractivity contribution in [3.8, 4) is 90.3 Å². The molecule has 0 aliphatic carbocycles. The van der Waals surface area contributed by atoms with E-state index in [1.807, 2.05) is 172 Å². The number of pyridine rings is 2. The number of aromatic nitrogens is 6. The number of fused-ring (bicyclic) bond motifs is 7. The molecule has 0 unspecified atom stereocenters. The second kappa shape index (κ2) is 20.9. The molecular weight excluding hydrogens is 1220 g/mol. The molecule has 0 radical (unpaired) electrons. The van der Waals surface area contributed by atoms with E-state index in [1.165, 1.54) is 0 Å². The van der Waals surface area contributed by atoms with Crippen molar-refractivity contribution < 1.29 is 37.8 Å². The second-order valence-electron chi connectivity index (χ2n) is 20.4. The Balaban J connectivity index is 0.854. The first-order valence-corrected chi connectivity index (χ1v) is 28.6. The van der Waals surface area contributed by atoms with E-state index in [0.717, 1.165) is 77.3 Å². The van der Waals surface area contributed by atoms with Gasteiger partial charge in [-0.2, -0.15) is 0 Å². The van der Waals surface area contributed by atoms with Crippen molar-refractivity contribution in [2.75, 3.05) is 0 Å². The predicted molar refractivity (Wildman–Crippen MR) is 341 cm³/mol. The topological polar surface area (TPSA) is 54.7 Å². The van der Waals surface area contributed by atoms with Crippen molar-refractivity contribution in [3.05, 3.63) is 307 Å². The van der Waals surface area contributed by atoms with Crippen molar-refractivity contribution in [1.82, 2.24) is 28.2 Å². The van der Waals surface area contributed by atoms with Crippen LogP contribution < -0.4 is 4.74 Å². The molecule has 404 valence electrons. The van der Waals surface area contributed by atoms with E-state index in [0.29, 0.717) is 43.5 Å². The Morgan fingerprint density at radius 3 is 1.48 bits per heavy atom. The van der Waals surface area contributed by atoms with E-state index in [1.54, 1.807) is 18.2 Å². The SMILES string of the molecule is [2H]c1c([2H])c([2H])c(-c2cc(-n3c4ccccc4c4ccccc43)cc(-c3c([2H])c([2H])c([2H])c([2H])c3[2H])c2-n2[c](=[Pt])n(-c3[c-]c(Oc4[c-]c5c(cc4)c4ccccc4n5-c4ccc(-c5cc(-c6ccccc6)nc(-c6ccccc6)c5)cn4)ccc3)c3ccccc32)c([2H])c1[2H]. The summed E-state index contributed by atoms with van der Waals surface area (Å²) in [6, 6.07) is 74.5. The molecule has 0 saturated carbocycles. The van der Waals surface area contributed by atoms with Gasteiger partial charge < -0.3 is 0 Å². The third-order valence-electron chi connectivity index (χ3n) is 15.4. The van der Waals surface area contributed by atoms with Crippen LogP contribution in [0.15, 0.2) is 291 Å². The Morgan fingerprint density at radius 1 is 0.388 bits per heavy atom. The maximum atomic E-state index is 9.61. The molecule has 11 aromatic carbocycles. The first-order valence-electron chi connectivity index (χ1n) is 32.5. The van der Waals surface area contributed by atoms with Gasteiger partial charge in [0.2, 0.25) is 0 Å². The van der Waals surface area contributed by atoms with E-state index in [9.17, 15) is 5.48 Å². The number of imidazole rings is 1. The molecule has 5 heterocycles. The van der Waals surface area contributed by atoms with Gasteiger partial charge in [-0.25, -0.2) is 4.98 Å². The van der Waals surface area contributed by atoms with Crippen LogP contribution in [0.3, 0.4) is 0 Å². The van der Waals surface area contributed by atoms with Crippen molar-refractivity contribution in [3.63, 3.8) is 0 Å². The molecular formula is C77H48N6OPt-2. The van der Waals surface area contributed by atoms with Gasteiger partial charge in [0.1, 0.15) is 0 Å². The summed E-state index contributed by atoms with van der Waals surface area (Å²) in [5.74, 6) is 1.43. The minimum atomic E-state index is -0.591. The summed E-state index contributed by atoms with van der Waals surface area (Å²) in [5, 5.41) is 3.77. The van der Waals surface area contributed by atoms with Crippen molar-refractivity contribution >= 4 is 54.6 Å². The minimum absolute atomic E-state index is 0.133. The van der Waals surface area contributed by atoms with Crippen LogP contribution in [0, 0.1) is 15.9 Å². The van der Waals surface area contributed by atoms with E-state index < -0.39 is 60.4 Å². The first kappa shape index (κ1) is 40.5. The molecule has 0 aliphatic heterocycles. The summed E-state index contributed by atoms with van der Waals surface area (Å²) in [6.45, 7) is 0. The van der Waals surface area contributed by atoms with Gasteiger partial charge >= 0.3 is 382 Å². The molecule has 0 aliphatic rings. The molecule has 0 amide bonds. The van der Waals surface area contributed by atoms with Gasteiger partial charge in [-0.3, -0.25) is 0 Å². The monoisotopic (exact) mass is 1280 g/mol. The van der Waals surface area contributed by atoms with E-state index in [4.69, 9.17) is 22.9 Å². The molecule has 0 bridgehead atoms. The fraction of sp³-hybridized carbons (Fsp3) is 0. The molecule has 0 N–H and O–H groups in total. The van der Waals surface area contributed by atoms with Crippen LogP contribution >= 0.6 is 0 Å². The Kier molecular flexibility index (Phi) is 9.96. The van der Waals surface area contributed by atoms with Crippen LogP contribution in [0.2, 0.25) is 0 Å². The van der Waals surface area contributed by atoms with Crippen LogP contribution in [0.25, 0.3) is 133 Å². The fourth-order valence-corrected chi connectivity index (χ4v) is 12.8. The maximum absolute atomic E-state index is 9.61. The molecule has 0 fully saturated rings. The number of ether oxygens (including phenoxy) is 1. The van der Waals surface area contributed by atoms with Crippen LogP contribution in [0.5, 0.6) is 11.5 Å². The Hall–Kier alpha value is -10.7. The molecule has 16 rings (SSSR count). The van der Waals surface area contributed by atoms with Gasteiger partial charge in [-0.1, -0.05) is 72.8 Å². The third kappa shape index (κ3) is 8.75. The Labute approximate surface area is 515 Å². The molecule has 16 aromatic rings. The van der Waals surface area contributed by atoms with E-state index in [-0.39, 0.29) is 27.9 Å². The van der Waals surface area contributed by atoms with E-state index in [2.05, 4.69) is 90.7 Å². The Bertz CT molecular complexity index is 5670. The first-order chi connectivity index (χ1) is 46.2. The average molecular weight is 1280 g/mol. The summed E-state index contributed by atoms with van der Waals surface area (Å²) >= 11 is 2.18. The van der Waals surface area contributed by atoms with Crippen LogP contribution in [0.1, 0.15) is 13.7 Å². The zero-order valence-corrected chi connectivity index (χ0v) is 47.1. The average Bonchev–Trinajstić information content (AvgIpc) is 1.66. The fourth-order valence-electron chi connectivity index (χ4n) is 11.7. The standard InChI is InChI=1S/C77H48N6O.Pt/c1-5-22-52(23-6-1)66-47-59(82-70-35-16-13-32-62(70)63-33-14-17-36-71(63)82)48-67(53-24-7-2-8-25-53)77(66)81-51-80(73-38-19-20-39-74(73)81)58-30-21-31-60(46-58)84-61-41-42-65-64-34-15-18-37-72(64)83(75(65)49-61)76-43-40-56(50-78-76)57-44-68(54-26-9-3-10-27-54)79-69(45-57)55-28-11-4-12-29-55;/h1-45,47-48,50H;/q-2;/i1D,2D,5D,6D,7D,8D,22D,23D,24D,25D;. The van der Waals surface area contributed by atoms with Crippen molar-refractivity contribution in [2.45, 2.75) is 0 Å². The molecule has 8 heteroatoms. The molecule has 0 saturated heterocycles. The number of benzene rings is 11. The number of hydrogen-bond donors (Lipinski definition) is 0. The van der Waals surface area contributed by atoms with Gasteiger partial charge in [0.05, 0.1) is 11.4 Å². The van der Waals surface area contributed by atoms with Crippen molar-refractivity contribution in [1.29, 1.82) is 0 Å². The van der Waals surface area contributed by atoms with Gasteiger partial charge in [-0.15, -0.1) is 0 Å². The van der Waals surface area contributed by atoms with Gasteiger partial charge in [0, 0.05) is 22.9 Å². The quantitative estimate of drug-likeness (QED) is 0.121. The van der Waals surface area contributed by atoms with Crippen LogP contribution in [-0.4, -0.2) is 28.2 Å². The molecule has 5 aromatic heterocycles. The van der Waals surface area contributed by atoms with Gasteiger partial charge in [0.25, 0.3) is 0 Å². The van der Waals surface area contributed by atoms with Crippen LogP contribution in [-0.2, 0) is 19.4 Å². The predicted octanol–water partition coefficient (Wildman–Crippen LogP) is 19.2. The Morgan fingerprint density at radius 2 is 0.906 bits per heavy atom. The van der Waals surface area contributed by atoms with Crippen LogP contribution in [0.4, 0.5) is 0 Å². The van der Waals surface area contributed by atoms with Gasteiger partial charge in [0.15, 0.2) is 0 Å². The zero-order chi connectivity index (χ0) is 65.1. The van der Waals surface area contributed by atoms with Crippen molar-refractivity contribution in [2.24, 2.45) is 0 Å². The third-order valence-corrected chi connectivity index (χ3v) is 16.5. The summed E-state index contributed by atoms with van der Waals surface area (Å²) in [5.41, 5.74) is 11.1. The summed E-state index contributed by atoms with van der Waals surface area (Å²) in [7, 11) is 0. The number of nitrogens with zero attached hydrogens (tertiary/aromatic N) is 6. The molecule has 85 heavy (non-hydrogen) atoms. The summed E-state index contributed by atoms with van der Waals surface area (Å²) in [4.78, 5) is 10.2.